The highest BCUT2D eigenvalue weighted by molar-refractivity contribution is 5.20. The molecule has 15 heavy (non-hydrogen) atoms. The van der Waals surface area contributed by atoms with E-state index in [2.05, 4.69) is 63.5 Å². The van der Waals surface area contributed by atoms with Gasteiger partial charge in [-0.3, -0.25) is 0 Å². The molecule has 3 atom stereocenters. The number of rotatable bonds is 5. The third-order valence-electron chi connectivity index (χ3n) is 3.45. The van der Waals surface area contributed by atoms with Gasteiger partial charge in [-0.25, -0.2) is 0 Å². The number of hydrogen-bond acceptors (Lipinski definition) is 1. The van der Waals surface area contributed by atoms with Gasteiger partial charge in [-0.05, 0) is 24.4 Å². The van der Waals surface area contributed by atoms with Crippen LogP contribution in [0.5, 0.6) is 0 Å². The molecule has 0 radical (unpaired) electrons. The van der Waals surface area contributed by atoms with Crippen LogP contribution < -0.4 is 5.32 Å². The van der Waals surface area contributed by atoms with Gasteiger partial charge in [-0.2, -0.15) is 0 Å². The zero-order valence-electron chi connectivity index (χ0n) is 10.3. The fraction of sp³-hybridized carbons (Fsp3) is 0.571. The lowest BCUT2D eigenvalue weighted by molar-refractivity contribution is 0.346. The quantitative estimate of drug-likeness (QED) is 0.776. The molecule has 0 saturated carbocycles. The molecule has 0 spiro atoms. The Morgan fingerprint density at radius 1 is 1.13 bits per heavy atom. The topological polar surface area (TPSA) is 12.0 Å². The van der Waals surface area contributed by atoms with Crippen LogP contribution in [0.2, 0.25) is 0 Å². The summed E-state index contributed by atoms with van der Waals surface area (Å²) in [6.07, 6.45) is 1.22. The van der Waals surface area contributed by atoms with E-state index < -0.39 is 0 Å². The minimum atomic E-state index is 0.567. The second-order valence-corrected chi connectivity index (χ2v) is 4.40. The molecule has 0 saturated heterocycles. The van der Waals surface area contributed by atoms with Crippen molar-refractivity contribution in [3.8, 4) is 0 Å². The van der Waals surface area contributed by atoms with E-state index in [1.807, 2.05) is 0 Å². The van der Waals surface area contributed by atoms with Crippen molar-refractivity contribution in [1.82, 2.24) is 5.32 Å². The SMILES string of the molecule is CCC(C)C(NC)C(C)c1ccccc1. The van der Waals surface area contributed by atoms with E-state index in [1.54, 1.807) is 0 Å². The van der Waals surface area contributed by atoms with Crippen molar-refractivity contribution in [3.63, 3.8) is 0 Å². The van der Waals surface area contributed by atoms with Crippen molar-refractivity contribution in [1.29, 1.82) is 0 Å². The molecule has 0 fully saturated rings. The van der Waals surface area contributed by atoms with Crippen LogP contribution in [0.25, 0.3) is 0 Å². The Balaban J connectivity index is 2.77. The molecule has 1 aromatic carbocycles. The first-order valence-electron chi connectivity index (χ1n) is 5.92. The van der Waals surface area contributed by atoms with Crippen molar-refractivity contribution in [3.05, 3.63) is 35.9 Å². The van der Waals surface area contributed by atoms with Gasteiger partial charge < -0.3 is 5.32 Å². The van der Waals surface area contributed by atoms with E-state index in [1.165, 1.54) is 12.0 Å². The predicted molar refractivity (Wildman–Crippen MR) is 67.2 cm³/mol. The van der Waals surface area contributed by atoms with Gasteiger partial charge in [0.25, 0.3) is 0 Å². The number of likely N-dealkylation sites (N-methyl/N-ethyl adjacent to an activating group) is 1. The summed E-state index contributed by atoms with van der Waals surface area (Å²) >= 11 is 0. The van der Waals surface area contributed by atoms with E-state index in [9.17, 15) is 0 Å². The molecule has 1 rings (SSSR count). The first-order chi connectivity index (χ1) is 7.20. The second kappa shape index (κ2) is 5.92. The Kier molecular flexibility index (Phi) is 4.83. The Morgan fingerprint density at radius 2 is 1.73 bits per heavy atom. The molecule has 1 heteroatoms. The lowest BCUT2D eigenvalue weighted by Crippen LogP contribution is -2.36. The minimum absolute atomic E-state index is 0.567. The number of nitrogens with one attached hydrogen (secondary N) is 1. The molecule has 0 amide bonds. The summed E-state index contributed by atoms with van der Waals surface area (Å²) in [4.78, 5) is 0. The van der Waals surface area contributed by atoms with Crippen LogP contribution in [0.3, 0.4) is 0 Å². The van der Waals surface area contributed by atoms with Gasteiger partial charge in [0.15, 0.2) is 0 Å². The fourth-order valence-corrected chi connectivity index (χ4v) is 2.25. The Morgan fingerprint density at radius 3 is 2.20 bits per heavy atom. The zero-order valence-corrected chi connectivity index (χ0v) is 10.3. The first-order valence-corrected chi connectivity index (χ1v) is 5.92. The Hall–Kier alpha value is -0.820. The Labute approximate surface area is 93.9 Å². The van der Waals surface area contributed by atoms with Crippen molar-refractivity contribution in [2.24, 2.45) is 5.92 Å². The minimum Gasteiger partial charge on any atom is -0.316 e. The van der Waals surface area contributed by atoms with E-state index >= 15 is 0 Å². The molecule has 1 N–H and O–H groups in total. The van der Waals surface area contributed by atoms with Gasteiger partial charge in [0.2, 0.25) is 0 Å². The maximum Gasteiger partial charge on any atom is 0.0156 e. The lowest BCUT2D eigenvalue weighted by atomic mass is 9.84. The molecule has 1 aromatic rings. The van der Waals surface area contributed by atoms with Crippen molar-refractivity contribution in [2.45, 2.75) is 39.2 Å². The molecule has 0 heterocycles. The van der Waals surface area contributed by atoms with Gasteiger partial charge in [0, 0.05) is 6.04 Å². The second-order valence-electron chi connectivity index (χ2n) is 4.40. The third-order valence-corrected chi connectivity index (χ3v) is 3.45. The van der Waals surface area contributed by atoms with Crippen molar-refractivity contribution >= 4 is 0 Å². The summed E-state index contributed by atoms with van der Waals surface area (Å²) < 4.78 is 0. The van der Waals surface area contributed by atoms with E-state index in [-0.39, 0.29) is 0 Å². The van der Waals surface area contributed by atoms with Gasteiger partial charge in [-0.1, -0.05) is 57.5 Å². The number of hydrogen-bond donors (Lipinski definition) is 1. The maximum atomic E-state index is 3.45. The molecule has 0 aliphatic rings. The van der Waals surface area contributed by atoms with Gasteiger partial charge >= 0.3 is 0 Å². The maximum absolute atomic E-state index is 3.45. The van der Waals surface area contributed by atoms with Crippen molar-refractivity contribution in [2.75, 3.05) is 7.05 Å². The molecular weight excluding hydrogens is 182 g/mol. The van der Waals surface area contributed by atoms with Crippen LogP contribution in [-0.2, 0) is 0 Å². The van der Waals surface area contributed by atoms with Crippen LogP contribution >= 0.6 is 0 Å². The van der Waals surface area contributed by atoms with Crippen LogP contribution in [-0.4, -0.2) is 13.1 Å². The van der Waals surface area contributed by atoms with Crippen LogP contribution in [0, 0.1) is 5.92 Å². The van der Waals surface area contributed by atoms with Crippen molar-refractivity contribution < 1.29 is 0 Å². The number of benzene rings is 1. The molecule has 3 unspecified atom stereocenters. The largest absolute Gasteiger partial charge is 0.316 e. The highest BCUT2D eigenvalue weighted by Gasteiger charge is 2.21. The summed E-state index contributed by atoms with van der Waals surface area (Å²) in [7, 11) is 2.07. The standard InChI is InChI=1S/C14H23N/c1-5-11(2)14(15-4)12(3)13-9-7-6-8-10-13/h6-12,14-15H,5H2,1-4H3. The summed E-state index contributed by atoms with van der Waals surface area (Å²) in [5.74, 6) is 1.29. The monoisotopic (exact) mass is 205 g/mol. The zero-order chi connectivity index (χ0) is 11.3. The van der Waals surface area contributed by atoms with E-state index in [0.717, 1.165) is 0 Å². The normalized spacial score (nSPS) is 17.1. The summed E-state index contributed by atoms with van der Waals surface area (Å²) in [5.41, 5.74) is 1.43. The van der Waals surface area contributed by atoms with Crippen LogP contribution in [0.1, 0.15) is 38.7 Å². The Bertz CT molecular complexity index is 268. The molecule has 0 aliphatic heterocycles. The molecule has 0 aromatic heterocycles. The summed E-state index contributed by atoms with van der Waals surface area (Å²) in [6, 6.07) is 11.3. The third kappa shape index (κ3) is 3.07. The van der Waals surface area contributed by atoms with Crippen LogP contribution in [0.4, 0.5) is 0 Å². The predicted octanol–water partition coefficient (Wildman–Crippen LogP) is 3.42. The lowest BCUT2D eigenvalue weighted by Gasteiger charge is -2.29. The molecule has 1 nitrogen and oxygen atoms in total. The fourth-order valence-electron chi connectivity index (χ4n) is 2.25. The highest BCUT2D eigenvalue weighted by Crippen LogP contribution is 2.24. The molecule has 0 bridgehead atoms. The van der Waals surface area contributed by atoms with Crippen LogP contribution in [0.15, 0.2) is 30.3 Å². The van der Waals surface area contributed by atoms with E-state index in [0.29, 0.717) is 17.9 Å². The van der Waals surface area contributed by atoms with Gasteiger partial charge in [0.05, 0.1) is 0 Å². The average Bonchev–Trinajstić information content (AvgIpc) is 2.30. The summed E-state index contributed by atoms with van der Waals surface area (Å²) in [5, 5.41) is 3.45. The smallest absolute Gasteiger partial charge is 0.0156 e. The first kappa shape index (κ1) is 12.3. The van der Waals surface area contributed by atoms with Gasteiger partial charge in [-0.15, -0.1) is 0 Å². The molecule has 84 valence electrons. The molecular formula is C14H23N. The van der Waals surface area contributed by atoms with Gasteiger partial charge in [0.1, 0.15) is 0 Å². The average molecular weight is 205 g/mol. The summed E-state index contributed by atoms with van der Waals surface area (Å²) in [6.45, 7) is 6.88. The highest BCUT2D eigenvalue weighted by atomic mass is 14.9. The van der Waals surface area contributed by atoms with E-state index in [4.69, 9.17) is 0 Å². The molecule has 0 aliphatic carbocycles.